The van der Waals surface area contributed by atoms with Crippen LogP contribution in [0.3, 0.4) is 0 Å². The van der Waals surface area contributed by atoms with Gasteiger partial charge in [-0.1, -0.05) is 0 Å². The van der Waals surface area contributed by atoms with Gasteiger partial charge in [-0.15, -0.1) is 12.4 Å². The standard InChI is InChI=1S/C10H16N2OS.ClH/c1-8(6-11)12-10(13)3-2-9-4-5-14-7-9;/h4-5,7-8H,2-3,6,11H2,1H3,(H,12,13);1H/t8-;/m1./s1. The molecule has 86 valence electrons. The summed E-state index contributed by atoms with van der Waals surface area (Å²) in [6.45, 7) is 2.40. The van der Waals surface area contributed by atoms with Crippen LogP contribution in [0.5, 0.6) is 0 Å². The highest BCUT2D eigenvalue weighted by Crippen LogP contribution is 2.08. The molecule has 0 aliphatic rings. The Hall–Kier alpha value is -0.580. The number of rotatable bonds is 5. The monoisotopic (exact) mass is 248 g/mol. The van der Waals surface area contributed by atoms with Gasteiger partial charge in [0.15, 0.2) is 0 Å². The topological polar surface area (TPSA) is 55.1 Å². The molecule has 0 saturated heterocycles. The third-order valence-corrected chi connectivity index (χ3v) is 2.71. The number of carbonyl (C=O) groups excluding carboxylic acids is 1. The lowest BCUT2D eigenvalue weighted by atomic mass is 10.2. The normalized spacial score (nSPS) is 11.6. The van der Waals surface area contributed by atoms with Crippen molar-refractivity contribution in [3.63, 3.8) is 0 Å². The molecule has 0 fully saturated rings. The highest BCUT2D eigenvalue weighted by molar-refractivity contribution is 7.07. The minimum Gasteiger partial charge on any atom is -0.352 e. The zero-order valence-electron chi connectivity index (χ0n) is 8.73. The Balaban J connectivity index is 0.00000196. The van der Waals surface area contributed by atoms with Gasteiger partial charge in [0.25, 0.3) is 0 Å². The number of amides is 1. The zero-order valence-corrected chi connectivity index (χ0v) is 10.4. The van der Waals surface area contributed by atoms with Crippen LogP contribution < -0.4 is 11.1 Å². The van der Waals surface area contributed by atoms with Crippen molar-refractivity contribution in [1.82, 2.24) is 5.32 Å². The summed E-state index contributed by atoms with van der Waals surface area (Å²) in [4.78, 5) is 11.3. The Bertz CT molecular complexity index is 277. The molecule has 3 N–H and O–H groups in total. The fraction of sp³-hybridized carbons (Fsp3) is 0.500. The van der Waals surface area contributed by atoms with Crippen LogP contribution >= 0.6 is 23.7 Å². The number of nitrogens with two attached hydrogens (primary N) is 1. The van der Waals surface area contributed by atoms with E-state index in [1.165, 1.54) is 5.56 Å². The highest BCUT2D eigenvalue weighted by Gasteiger charge is 2.05. The molecule has 0 bridgehead atoms. The molecule has 0 radical (unpaired) electrons. The summed E-state index contributed by atoms with van der Waals surface area (Å²) in [7, 11) is 0. The average molecular weight is 249 g/mol. The van der Waals surface area contributed by atoms with Crippen molar-refractivity contribution in [3.8, 4) is 0 Å². The van der Waals surface area contributed by atoms with Crippen molar-refractivity contribution in [2.45, 2.75) is 25.8 Å². The van der Waals surface area contributed by atoms with E-state index in [0.29, 0.717) is 13.0 Å². The van der Waals surface area contributed by atoms with Gasteiger partial charge in [-0.2, -0.15) is 11.3 Å². The van der Waals surface area contributed by atoms with E-state index in [1.807, 2.05) is 18.4 Å². The van der Waals surface area contributed by atoms with Crippen LogP contribution in [0.4, 0.5) is 0 Å². The van der Waals surface area contributed by atoms with Crippen molar-refractivity contribution in [1.29, 1.82) is 0 Å². The number of halogens is 1. The second-order valence-electron chi connectivity index (χ2n) is 3.34. The summed E-state index contributed by atoms with van der Waals surface area (Å²) in [6.07, 6.45) is 1.35. The molecule has 1 rings (SSSR count). The Morgan fingerprint density at radius 2 is 2.40 bits per heavy atom. The van der Waals surface area contributed by atoms with E-state index in [4.69, 9.17) is 5.73 Å². The lowest BCUT2D eigenvalue weighted by Crippen LogP contribution is -2.37. The van der Waals surface area contributed by atoms with E-state index in [2.05, 4.69) is 10.7 Å². The number of nitrogens with one attached hydrogen (secondary N) is 1. The number of carbonyl (C=O) groups is 1. The Labute approximate surface area is 100 Å². The van der Waals surface area contributed by atoms with E-state index in [9.17, 15) is 4.79 Å². The average Bonchev–Trinajstić information content (AvgIpc) is 2.67. The molecule has 0 aromatic carbocycles. The van der Waals surface area contributed by atoms with Gasteiger partial charge >= 0.3 is 0 Å². The molecule has 3 nitrogen and oxygen atoms in total. The Morgan fingerprint density at radius 1 is 1.67 bits per heavy atom. The Kier molecular flexibility index (Phi) is 7.38. The summed E-state index contributed by atoms with van der Waals surface area (Å²) >= 11 is 1.66. The first-order chi connectivity index (χ1) is 6.72. The summed E-state index contributed by atoms with van der Waals surface area (Å²) in [5, 5.41) is 6.92. The molecular formula is C10H17ClN2OS. The maximum atomic E-state index is 11.3. The van der Waals surface area contributed by atoms with Crippen molar-refractivity contribution < 1.29 is 4.79 Å². The molecule has 1 aromatic rings. The summed E-state index contributed by atoms with van der Waals surface area (Å²) < 4.78 is 0. The molecule has 0 saturated carbocycles. The molecule has 15 heavy (non-hydrogen) atoms. The van der Waals surface area contributed by atoms with Gasteiger partial charge in [0, 0.05) is 19.0 Å². The highest BCUT2D eigenvalue weighted by atomic mass is 35.5. The van der Waals surface area contributed by atoms with Gasteiger partial charge in [-0.3, -0.25) is 4.79 Å². The molecule has 1 aromatic heterocycles. The van der Waals surface area contributed by atoms with Crippen molar-refractivity contribution in [2.75, 3.05) is 6.54 Å². The van der Waals surface area contributed by atoms with Crippen molar-refractivity contribution in [3.05, 3.63) is 22.4 Å². The first-order valence-corrected chi connectivity index (χ1v) is 5.67. The van der Waals surface area contributed by atoms with Crippen LogP contribution in [0.15, 0.2) is 16.8 Å². The maximum absolute atomic E-state index is 11.3. The molecule has 1 atom stereocenters. The number of aryl methyl sites for hydroxylation is 1. The smallest absolute Gasteiger partial charge is 0.220 e. The molecule has 0 aliphatic heterocycles. The van der Waals surface area contributed by atoms with Crippen LogP contribution in [0.1, 0.15) is 18.9 Å². The third-order valence-electron chi connectivity index (χ3n) is 1.98. The third kappa shape index (κ3) is 5.77. The predicted octanol–water partition coefficient (Wildman–Crippen LogP) is 1.57. The van der Waals surface area contributed by atoms with Gasteiger partial charge in [0.1, 0.15) is 0 Å². The fourth-order valence-corrected chi connectivity index (χ4v) is 1.80. The van der Waals surface area contributed by atoms with Gasteiger partial charge in [0.05, 0.1) is 0 Å². The number of thiophene rings is 1. The molecule has 0 spiro atoms. The van der Waals surface area contributed by atoms with E-state index < -0.39 is 0 Å². The van der Waals surface area contributed by atoms with Crippen LogP contribution in [0.25, 0.3) is 0 Å². The molecule has 0 aliphatic carbocycles. The lowest BCUT2D eigenvalue weighted by Gasteiger charge is -2.10. The van der Waals surface area contributed by atoms with Gasteiger partial charge in [-0.05, 0) is 35.7 Å². The van der Waals surface area contributed by atoms with E-state index in [-0.39, 0.29) is 24.4 Å². The minimum absolute atomic E-state index is 0. The first kappa shape index (κ1) is 14.4. The van der Waals surface area contributed by atoms with Gasteiger partial charge < -0.3 is 11.1 Å². The minimum atomic E-state index is 0. The first-order valence-electron chi connectivity index (χ1n) is 4.73. The summed E-state index contributed by atoms with van der Waals surface area (Å²) in [5.74, 6) is 0.0779. The van der Waals surface area contributed by atoms with Crippen LogP contribution in [0, 0.1) is 0 Å². The zero-order chi connectivity index (χ0) is 10.4. The van der Waals surface area contributed by atoms with Crippen LogP contribution in [-0.2, 0) is 11.2 Å². The molecule has 1 heterocycles. The van der Waals surface area contributed by atoms with E-state index in [1.54, 1.807) is 11.3 Å². The van der Waals surface area contributed by atoms with Crippen LogP contribution in [-0.4, -0.2) is 18.5 Å². The second-order valence-corrected chi connectivity index (χ2v) is 4.12. The Morgan fingerprint density at radius 3 is 2.93 bits per heavy atom. The maximum Gasteiger partial charge on any atom is 0.220 e. The summed E-state index contributed by atoms with van der Waals surface area (Å²) in [6, 6.07) is 2.12. The van der Waals surface area contributed by atoms with E-state index in [0.717, 1.165) is 6.42 Å². The van der Waals surface area contributed by atoms with Gasteiger partial charge in [0.2, 0.25) is 5.91 Å². The SMILES string of the molecule is C[C@H](CN)NC(=O)CCc1ccsc1.Cl. The summed E-state index contributed by atoms with van der Waals surface area (Å²) in [5.41, 5.74) is 6.63. The molecule has 5 heteroatoms. The predicted molar refractivity (Wildman–Crippen MR) is 66.5 cm³/mol. The van der Waals surface area contributed by atoms with Crippen molar-refractivity contribution >= 4 is 29.7 Å². The molecule has 0 unspecified atom stereocenters. The second kappa shape index (κ2) is 7.68. The quantitative estimate of drug-likeness (QED) is 0.831. The van der Waals surface area contributed by atoms with Gasteiger partial charge in [-0.25, -0.2) is 0 Å². The largest absolute Gasteiger partial charge is 0.352 e. The number of hydrogen-bond donors (Lipinski definition) is 2. The fourth-order valence-electron chi connectivity index (χ4n) is 1.10. The van der Waals surface area contributed by atoms with E-state index >= 15 is 0 Å². The molecule has 1 amide bonds. The van der Waals surface area contributed by atoms with Crippen LogP contribution in [0.2, 0.25) is 0 Å². The molecular weight excluding hydrogens is 232 g/mol. The number of hydrogen-bond acceptors (Lipinski definition) is 3. The lowest BCUT2D eigenvalue weighted by molar-refractivity contribution is -0.121. The van der Waals surface area contributed by atoms with Crippen molar-refractivity contribution in [2.24, 2.45) is 5.73 Å².